The normalized spacial score (nSPS) is 18.8. The number of rotatable bonds is 3. The zero-order valence-electron chi connectivity index (χ0n) is 13.6. The summed E-state index contributed by atoms with van der Waals surface area (Å²) in [6, 6.07) is 16.9. The molecule has 1 aromatic heterocycles. The largest absolute Gasteiger partial charge is 0.390 e. The Bertz CT molecular complexity index is 920. The molecule has 1 aliphatic rings. The van der Waals surface area contributed by atoms with Gasteiger partial charge in [0.05, 0.1) is 17.7 Å². The van der Waals surface area contributed by atoms with Gasteiger partial charge in [0, 0.05) is 24.5 Å². The van der Waals surface area contributed by atoms with Crippen molar-refractivity contribution >= 4 is 16.9 Å². The number of nitrogens with one attached hydrogen (secondary N) is 2. The second kappa shape index (κ2) is 6.53. The predicted molar refractivity (Wildman–Crippen MR) is 96.0 cm³/mol. The molecule has 126 valence electrons. The second-order valence-electron chi connectivity index (χ2n) is 6.26. The summed E-state index contributed by atoms with van der Waals surface area (Å²) < 4.78 is 0. The molecule has 2 atom stereocenters. The van der Waals surface area contributed by atoms with Crippen molar-refractivity contribution < 1.29 is 9.90 Å². The molecule has 1 aliphatic carbocycles. The Morgan fingerprint density at radius 1 is 1.12 bits per heavy atom. The van der Waals surface area contributed by atoms with Crippen molar-refractivity contribution in [2.75, 3.05) is 0 Å². The number of para-hydroxylation sites is 1. The van der Waals surface area contributed by atoms with Crippen LogP contribution in [0.1, 0.15) is 22.7 Å². The van der Waals surface area contributed by atoms with Crippen molar-refractivity contribution in [3.05, 3.63) is 77.5 Å². The van der Waals surface area contributed by atoms with Crippen molar-refractivity contribution in [2.45, 2.75) is 25.1 Å². The van der Waals surface area contributed by atoms with Gasteiger partial charge in [-0.25, -0.2) is 4.79 Å². The molecule has 25 heavy (non-hydrogen) atoms. The minimum atomic E-state index is -0.593. The average molecular weight is 333 g/mol. The second-order valence-corrected chi connectivity index (χ2v) is 6.26. The highest BCUT2D eigenvalue weighted by Crippen LogP contribution is 2.31. The van der Waals surface area contributed by atoms with Crippen LogP contribution in [0.25, 0.3) is 10.9 Å². The molecule has 5 heteroatoms. The highest BCUT2D eigenvalue weighted by atomic mass is 16.3. The van der Waals surface area contributed by atoms with E-state index in [-0.39, 0.29) is 12.1 Å². The first kappa shape index (κ1) is 15.6. The van der Waals surface area contributed by atoms with Gasteiger partial charge >= 0.3 is 6.03 Å². The van der Waals surface area contributed by atoms with Crippen LogP contribution in [0.4, 0.5) is 4.79 Å². The Hall–Kier alpha value is -2.92. The van der Waals surface area contributed by atoms with Gasteiger partial charge in [-0.05, 0) is 28.8 Å². The van der Waals surface area contributed by atoms with E-state index in [9.17, 15) is 9.90 Å². The van der Waals surface area contributed by atoms with E-state index < -0.39 is 6.10 Å². The van der Waals surface area contributed by atoms with Crippen LogP contribution in [0.5, 0.6) is 0 Å². The predicted octanol–water partition coefficient (Wildman–Crippen LogP) is 2.69. The van der Waals surface area contributed by atoms with Crippen LogP contribution in [0.3, 0.4) is 0 Å². The van der Waals surface area contributed by atoms with E-state index in [0.29, 0.717) is 13.0 Å². The summed E-state index contributed by atoms with van der Waals surface area (Å²) in [6.45, 7) is 0.402. The number of benzene rings is 2. The monoisotopic (exact) mass is 333 g/mol. The number of urea groups is 1. The lowest BCUT2D eigenvalue weighted by molar-refractivity contribution is 0.142. The molecule has 3 aromatic rings. The molecule has 0 saturated heterocycles. The third-order valence-electron chi connectivity index (χ3n) is 4.67. The smallest absolute Gasteiger partial charge is 0.315 e. The molecule has 0 aliphatic heterocycles. The summed E-state index contributed by atoms with van der Waals surface area (Å²) >= 11 is 0. The summed E-state index contributed by atoms with van der Waals surface area (Å²) in [7, 11) is 0. The van der Waals surface area contributed by atoms with Crippen LogP contribution in [-0.4, -0.2) is 22.2 Å². The summed E-state index contributed by atoms with van der Waals surface area (Å²) in [4.78, 5) is 16.6. The number of fused-ring (bicyclic) bond motifs is 2. The van der Waals surface area contributed by atoms with Gasteiger partial charge < -0.3 is 15.7 Å². The molecule has 5 nitrogen and oxygen atoms in total. The number of amides is 2. The van der Waals surface area contributed by atoms with Crippen LogP contribution in [0.2, 0.25) is 0 Å². The SMILES string of the molecule is O=C(NCc1ccnc2ccccc12)NC1c2ccccc2CC1O. The van der Waals surface area contributed by atoms with Crippen molar-refractivity contribution in [1.29, 1.82) is 0 Å². The fourth-order valence-electron chi connectivity index (χ4n) is 3.42. The fourth-order valence-corrected chi connectivity index (χ4v) is 3.42. The maximum Gasteiger partial charge on any atom is 0.315 e. The highest BCUT2D eigenvalue weighted by Gasteiger charge is 2.31. The Balaban J connectivity index is 1.45. The number of carbonyl (C=O) groups is 1. The fraction of sp³-hybridized carbons (Fsp3) is 0.200. The number of pyridine rings is 1. The van der Waals surface area contributed by atoms with Gasteiger partial charge in [-0.15, -0.1) is 0 Å². The highest BCUT2D eigenvalue weighted by molar-refractivity contribution is 5.82. The van der Waals surface area contributed by atoms with Gasteiger partial charge in [-0.1, -0.05) is 42.5 Å². The Kier molecular flexibility index (Phi) is 4.07. The van der Waals surface area contributed by atoms with E-state index >= 15 is 0 Å². The number of aliphatic hydroxyl groups excluding tert-OH is 1. The molecule has 0 bridgehead atoms. The quantitative estimate of drug-likeness (QED) is 0.690. The van der Waals surface area contributed by atoms with E-state index in [0.717, 1.165) is 27.6 Å². The van der Waals surface area contributed by atoms with E-state index in [1.54, 1.807) is 6.20 Å². The zero-order chi connectivity index (χ0) is 17.2. The molecule has 2 unspecified atom stereocenters. The van der Waals surface area contributed by atoms with Crippen LogP contribution in [0, 0.1) is 0 Å². The minimum absolute atomic E-state index is 0.290. The van der Waals surface area contributed by atoms with Gasteiger partial charge in [0.1, 0.15) is 0 Å². The van der Waals surface area contributed by atoms with E-state index in [1.165, 1.54) is 0 Å². The lowest BCUT2D eigenvalue weighted by Crippen LogP contribution is -2.40. The molecule has 2 aromatic carbocycles. The van der Waals surface area contributed by atoms with Gasteiger partial charge in [-0.3, -0.25) is 4.98 Å². The van der Waals surface area contributed by atoms with Crippen molar-refractivity contribution in [2.24, 2.45) is 0 Å². The maximum atomic E-state index is 12.3. The Morgan fingerprint density at radius 2 is 1.92 bits per heavy atom. The van der Waals surface area contributed by atoms with Gasteiger partial charge in [0.15, 0.2) is 0 Å². The van der Waals surface area contributed by atoms with Crippen LogP contribution >= 0.6 is 0 Å². The lowest BCUT2D eigenvalue weighted by atomic mass is 10.1. The van der Waals surface area contributed by atoms with Crippen molar-refractivity contribution in [1.82, 2.24) is 15.6 Å². The molecule has 3 N–H and O–H groups in total. The number of nitrogens with zero attached hydrogens (tertiary/aromatic N) is 1. The first-order chi connectivity index (χ1) is 12.2. The van der Waals surface area contributed by atoms with Crippen molar-refractivity contribution in [3.8, 4) is 0 Å². The van der Waals surface area contributed by atoms with E-state index in [1.807, 2.05) is 54.6 Å². The first-order valence-corrected chi connectivity index (χ1v) is 8.35. The Morgan fingerprint density at radius 3 is 2.84 bits per heavy atom. The Labute approximate surface area is 145 Å². The summed E-state index contributed by atoms with van der Waals surface area (Å²) in [5.41, 5.74) is 3.98. The number of aromatic nitrogens is 1. The molecule has 2 amide bonds. The number of carbonyl (C=O) groups excluding carboxylic acids is 1. The number of aliphatic hydroxyl groups is 1. The van der Waals surface area contributed by atoms with Crippen LogP contribution < -0.4 is 10.6 Å². The van der Waals surface area contributed by atoms with E-state index in [4.69, 9.17) is 0 Å². The van der Waals surface area contributed by atoms with Gasteiger partial charge in [0.2, 0.25) is 0 Å². The zero-order valence-corrected chi connectivity index (χ0v) is 13.6. The number of hydrogen-bond acceptors (Lipinski definition) is 3. The molecular weight excluding hydrogens is 314 g/mol. The van der Waals surface area contributed by atoms with Gasteiger partial charge in [0.25, 0.3) is 0 Å². The molecule has 0 fully saturated rings. The summed E-state index contributed by atoms with van der Waals surface area (Å²) in [5.74, 6) is 0. The summed E-state index contributed by atoms with van der Waals surface area (Å²) in [5, 5.41) is 17.0. The number of hydrogen-bond donors (Lipinski definition) is 3. The lowest BCUT2D eigenvalue weighted by Gasteiger charge is -2.18. The molecule has 1 heterocycles. The van der Waals surface area contributed by atoms with Crippen LogP contribution in [0.15, 0.2) is 60.8 Å². The average Bonchev–Trinajstić information content (AvgIpc) is 2.95. The third-order valence-corrected chi connectivity index (χ3v) is 4.67. The summed E-state index contributed by atoms with van der Waals surface area (Å²) in [6.07, 6.45) is 1.72. The third kappa shape index (κ3) is 3.06. The van der Waals surface area contributed by atoms with Gasteiger partial charge in [-0.2, -0.15) is 0 Å². The minimum Gasteiger partial charge on any atom is -0.390 e. The molecule has 0 saturated carbocycles. The topological polar surface area (TPSA) is 74.2 Å². The molecule has 4 rings (SSSR count). The van der Waals surface area contributed by atoms with Crippen molar-refractivity contribution in [3.63, 3.8) is 0 Å². The molecule has 0 radical (unpaired) electrons. The standard InChI is InChI=1S/C20H19N3O2/c24-18-11-13-5-1-2-7-16(13)19(18)23-20(25)22-12-14-9-10-21-17-8-4-3-6-15(14)17/h1-10,18-19,24H,11-12H2,(H2,22,23,25). The molecular formula is C20H19N3O2. The van der Waals surface area contributed by atoms with Crippen LogP contribution in [-0.2, 0) is 13.0 Å². The molecule has 0 spiro atoms. The first-order valence-electron chi connectivity index (χ1n) is 8.35. The van der Waals surface area contributed by atoms with E-state index in [2.05, 4.69) is 15.6 Å². The maximum absolute atomic E-state index is 12.3.